The van der Waals surface area contributed by atoms with Crippen LogP contribution in [0.4, 0.5) is 10.5 Å². The molecule has 2 heterocycles. The Morgan fingerprint density at radius 2 is 1.73 bits per heavy atom. The minimum atomic E-state index is -0.257. The predicted molar refractivity (Wildman–Crippen MR) is 119 cm³/mol. The van der Waals surface area contributed by atoms with Crippen LogP contribution in [0.2, 0.25) is 0 Å². The Kier molecular flexibility index (Phi) is 6.92. The molecular formula is C23H31N5O2. The molecule has 1 fully saturated rings. The lowest BCUT2D eigenvalue weighted by atomic mass is 10.0. The Hall–Kier alpha value is -3.09. The third kappa shape index (κ3) is 6.20. The minimum absolute atomic E-state index is 0.0905. The van der Waals surface area contributed by atoms with Crippen LogP contribution in [-0.4, -0.2) is 41.6 Å². The fourth-order valence-corrected chi connectivity index (χ4v) is 3.55. The van der Waals surface area contributed by atoms with Gasteiger partial charge < -0.3 is 20.9 Å². The van der Waals surface area contributed by atoms with Gasteiger partial charge in [0.1, 0.15) is 0 Å². The molecule has 1 aliphatic rings. The van der Waals surface area contributed by atoms with Crippen molar-refractivity contribution in [3.63, 3.8) is 0 Å². The molecule has 1 aromatic carbocycles. The number of benzene rings is 1. The summed E-state index contributed by atoms with van der Waals surface area (Å²) in [6.07, 6.45) is 5.11. The summed E-state index contributed by atoms with van der Waals surface area (Å²) in [7, 11) is 0. The van der Waals surface area contributed by atoms with Gasteiger partial charge in [-0.25, -0.2) is 4.79 Å². The lowest BCUT2D eigenvalue weighted by molar-refractivity contribution is 0.0951. The van der Waals surface area contributed by atoms with Gasteiger partial charge in [-0.15, -0.1) is 0 Å². The van der Waals surface area contributed by atoms with E-state index in [1.165, 1.54) is 0 Å². The number of nitrogens with zero attached hydrogens (tertiary/aromatic N) is 2. The number of rotatable bonds is 5. The lowest BCUT2D eigenvalue weighted by Gasteiger charge is -2.35. The molecule has 7 nitrogen and oxygen atoms in total. The molecule has 0 aliphatic carbocycles. The van der Waals surface area contributed by atoms with Crippen molar-refractivity contribution in [1.29, 1.82) is 0 Å². The fourth-order valence-electron chi connectivity index (χ4n) is 3.55. The molecule has 30 heavy (non-hydrogen) atoms. The summed E-state index contributed by atoms with van der Waals surface area (Å²) in [6, 6.07) is 11.5. The van der Waals surface area contributed by atoms with E-state index in [2.05, 4.69) is 25.8 Å². The summed E-state index contributed by atoms with van der Waals surface area (Å²) >= 11 is 0. The van der Waals surface area contributed by atoms with Crippen molar-refractivity contribution in [3.05, 3.63) is 59.9 Å². The Labute approximate surface area is 178 Å². The Morgan fingerprint density at radius 3 is 2.40 bits per heavy atom. The van der Waals surface area contributed by atoms with Gasteiger partial charge in [0.2, 0.25) is 0 Å². The number of aromatic nitrogens is 1. The molecule has 2 aromatic rings. The Morgan fingerprint density at radius 1 is 1.07 bits per heavy atom. The quantitative estimate of drug-likeness (QED) is 0.708. The van der Waals surface area contributed by atoms with Crippen LogP contribution >= 0.6 is 0 Å². The smallest absolute Gasteiger partial charge is 0.315 e. The number of hydrogen-bond donors (Lipinski definition) is 3. The number of amides is 3. The van der Waals surface area contributed by atoms with Gasteiger partial charge in [-0.2, -0.15) is 0 Å². The van der Waals surface area contributed by atoms with Gasteiger partial charge in [0.15, 0.2) is 0 Å². The number of nitrogens with one attached hydrogen (secondary N) is 3. The molecule has 0 unspecified atom stereocenters. The highest BCUT2D eigenvalue weighted by Gasteiger charge is 2.24. The molecule has 0 spiro atoms. The summed E-state index contributed by atoms with van der Waals surface area (Å²) in [5, 5.41) is 9.00. The number of carbonyl (C=O) groups is 2. The first-order chi connectivity index (χ1) is 14.3. The highest BCUT2D eigenvalue weighted by atomic mass is 16.2. The maximum atomic E-state index is 12.8. The number of pyridine rings is 1. The van der Waals surface area contributed by atoms with Crippen molar-refractivity contribution in [1.82, 2.24) is 20.9 Å². The number of hydrogen-bond acceptors (Lipinski definition) is 4. The minimum Gasteiger partial charge on any atom is -0.371 e. The topological polar surface area (TPSA) is 86.4 Å². The van der Waals surface area contributed by atoms with E-state index in [4.69, 9.17) is 0 Å². The maximum Gasteiger partial charge on any atom is 0.315 e. The molecule has 1 saturated heterocycles. The molecule has 3 rings (SSSR count). The number of urea groups is 1. The van der Waals surface area contributed by atoms with Crippen molar-refractivity contribution >= 4 is 17.6 Å². The largest absolute Gasteiger partial charge is 0.371 e. The van der Waals surface area contributed by atoms with E-state index < -0.39 is 0 Å². The number of anilines is 1. The molecule has 1 aromatic heterocycles. The molecule has 1 aliphatic heterocycles. The lowest BCUT2D eigenvalue weighted by Crippen LogP contribution is -2.52. The average molecular weight is 410 g/mol. The van der Waals surface area contributed by atoms with Crippen LogP contribution in [0.5, 0.6) is 0 Å². The van der Waals surface area contributed by atoms with Crippen LogP contribution in [-0.2, 0) is 6.54 Å². The van der Waals surface area contributed by atoms with Crippen LogP contribution < -0.4 is 20.9 Å². The summed E-state index contributed by atoms with van der Waals surface area (Å²) in [5.74, 6) is -0.0905. The molecule has 0 saturated carbocycles. The van der Waals surface area contributed by atoms with Crippen LogP contribution in [0, 0.1) is 0 Å². The normalized spacial score (nSPS) is 14.8. The SMILES string of the molecule is CC(C)(C)NC(=O)NC1CCN(c2ccccc2C(=O)NCc2ccncc2)CC1. The standard InChI is InChI=1S/C23H31N5O2/c1-23(2,3)27-22(30)26-18-10-14-28(15-11-18)20-7-5-4-6-19(20)21(29)25-16-17-8-12-24-13-9-17/h4-9,12-13,18H,10-11,14-16H2,1-3H3,(H,25,29)(H2,26,27,30). The molecule has 7 heteroatoms. The van der Waals surface area contributed by atoms with E-state index in [9.17, 15) is 9.59 Å². The van der Waals surface area contributed by atoms with Gasteiger partial charge in [0, 0.05) is 49.3 Å². The van der Waals surface area contributed by atoms with E-state index in [0.717, 1.165) is 37.2 Å². The second-order valence-electron chi connectivity index (χ2n) is 8.67. The van der Waals surface area contributed by atoms with E-state index >= 15 is 0 Å². The Balaban J connectivity index is 1.57. The van der Waals surface area contributed by atoms with Crippen LogP contribution in [0.1, 0.15) is 49.5 Å². The van der Waals surface area contributed by atoms with E-state index in [1.807, 2.05) is 57.2 Å². The van der Waals surface area contributed by atoms with Gasteiger partial charge in [-0.05, 0) is 63.4 Å². The van der Waals surface area contributed by atoms with Gasteiger partial charge in [-0.3, -0.25) is 9.78 Å². The van der Waals surface area contributed by atoms with Crippen molar-refractivity contribution in [2.75, 3.05) is 18.0 Å². The van der Waals surface area contributed by atoms with Gasteiger partial charge in [0.05, 0.1) is 5.56 Å². The summed E-state index contributed by atoms with van der Waals surface area (Å²) in [5.41, 5.74) is 2.36. The summed E-state index contributed by atoms with van der Waals surface area (Å²) in [4.78, 5) is 31.1. The van der Waals surface area contributed by atoms with Crippen LogP contribution in [0.15, 0.2) is 48.8 Å². The summed E-state index contributed by atoms with van der Waals surface area (Å²) < 4.78 is 0. The van der Waals surface area contributed by atoms with Gasteiger partial charge >= 0.3 is 6.03 Å². The maximum absolute atomic E-state index is 12.8. The van der Waals surface area contributed by atoms with Crippen molar-refractivity contribution in [2.24, 2.45) is 0 Å². The molecule has 0 radical (unpaired) electrons. The number of piperidine rings is 1. The fraction of sp³-hybridized carbons (Fsp3) is 0.435. The molecule has 3 N–H and O–H groups in total. The van der Waals surface area contributed by atoms with Crippen molar-refractivity contribution in [3.8, 4) is 0 Å². The van der Waals surface area contributed by atoms with Gasteiger partial charge in [-0.1, -0.05) is 12.1 Å². The first kappa shape index (κ1) is 21.6. The van der Waals surface area contributed by atoms with Crippen LogP contribution in [0.25, 0.3) is 0 Å². The highest BCUT2D eigenvalue weighted by molar-refractivity contribution is 5.99. The van der Waals surface area contributed by atoms with Crippen molar-refractivity contribution < 1.29 is 9.59 Å². The number of para-hydroxylation sites is 1. The molecule has 3 amide bonds. The zero-order chi connectivity index (χ0) is 21.6. The second-order valence-corrected chi connectivity index (χ2v) is 8.67. The molecule has 0 bridgehead atoms. The summed E-state index contributed by atoms with van der Waals surface area (Å²) in [6.45, 7) is 7.93. The third-order valence-electron chi connectivity index (χ3n) is 5.01. The predicted octanol–water partition coefficient (Wildman–Crippen LogP) is 3.08. The van der Waals surface area contributed by atoms with Crippen LogP contribution in [0.3, 0.4) is 0 Å². The van der Waals surface area contributed by atoms with E-state index in [0.29, 0.717) is 12.1 Å². The number of carbonyl (C=O) groups excluding carboxylic acids is 2. The monoisotopic (exact) mass is 409 g/mol. The molecule has 0 atom stereocenters. The average Bonchev–Trinajstić information content (AvgIpc) is 2.72. The van der Waals surface area contributed by atoms with Gasteiger partial charge in [0.25, 0.3) is 5.91 Å². The zero-order valence-corrected chi connectivity index (χ0v) is 17.9. The van der Waals surface area contributed by atoms with E-state index in [-0.39, 0.29) is 23.5 Å². The zero-order valence-electron chi connectivity index (χ0n) is 17.9. The first-order valence-corrected chi connectivity index (χ1v) is 10.4. The van der Waals surface area contributed by atoms with Crippen molar-refractivity contribution in [2.45, 2.75) is 51.7 Å². The highest BCUT2D eigenvalue weighted by Crippen LogP contribution is 2.24. The first-order valence-electron chi connectivity index (χ1n) is 10.4. The Bertz CT molecular complexity index is 855. The van der Waals surface area contributed by atoms with E-state index in [1.54, 1.807) is 12.4 Å². The molecular weight excluding hydrogens is 378 g/mol. The third-order valence-corrected chi connectivity index (χ3v) is 5.01. The second kappa shape index (κ2) is 9.61. The molecule has 160 valence electrons.